The van der Waals surface area contributed by atoms with Crippen LogP contribution in [0.3, 0.4) is 0 Å². The summed E-state index contributed by atoms with van der Waals surface area (Å²) in [5, 5.41) is 0. The quantitative estimate of drug-likeness (QED) is 0.614. The van der Waals surface area contributed by atoms with E-state index in [0.717, 1.165) is 36.7 Å². The van der Waals surface area contributed by atoms with Gasteiger partial charge in [0, 0.05) is 13.1 Å². The van der Waals surface area contributed by atoms with Gasteiger partial charge < -0.3 is 9.30 Å². The largest absolute Gasteiger partial charge is 0.426 e. The van der Waals surface area contributed by atoms with E-state index in [4.69, 9.17) is 4.74 Å². The Labute approximate surface area is 112 Å². The molecule has 1 aliphatic carbocycles. The summed E-state index contributed by atoms with van der Waals surface area (Å²) in [6.45, 7) is 0. The highest BCUT2D eigenvalue weighted by atomic mass is 16.5. The van der Waals surface area contributed by atoms with Crippen LogP contribution in [0.25, 0.3) is 11.0 Å². The molecule has 3 rings (SSSR count). The number of carbonyl (C=O) groups excluding carboxylic acids is 1. The van der Waals surface area contributed by atoms with Gasteiger partial charge in [-0.2, -0.15) is 0 Å². The van der Waals surface area contributed by atoms with Crippen LogP contribution in [0, 0.1) is 5.92 Å². The Morgan fingerprint density at radius 1 is 1.32 bits per heavy atom. The Balaban J connectivity index is 1.75. The molecule has 4 nitrogen and oxygen atoms in total. The highest BCUT2D eigenvalue weighted by Crippen LogP contribution is 2.26. The number of hydrogen-bond donors (Lipinski definition) is 0. The van der Waals surface area contributed by atoms with Crippen LogP contribution in [-0.2, 0) is 11.8 Å². The van der Waals surface area contributed by atoms with Gasteiger partial charge in [0.1, 0.15) is 5.75 Å². The van der Waals surface area contributed by atoms with Gasteiger partial charge >= 0.3 is 5.97 Å². The van der Waals surface area contributed by atoms with Crippen LogP contribution in [0.4, 0.5) is 0 Å². The number of aromatic nitrogens is 2. The molecule has 1 aliphatic rings. The first-order valence-electron chi connectivity index (χ1n) is 6.87. The molecule has 19 heavy (non-hydrogen) atoms. The van der Waals surface area contributed by atoms with Gasteiger partial charge in [-0.15, -0.1) is 0 Å². The van der Waals surface area contributed by atoms with Crippen molar-refractivity contribution in [1.29, 1.82) is 0 Å². The van der Waals surface area contributed by atoms with E-state index in [2.05, 4.69) is 4.98 Å². The van der Waals surface area contributed by atoms with E-state index in [1.165, 1.54) is 6.42 Å². The smallest absolute Gasteiger partial charge is 0.314 e. The van der Waals surface area contributed by atoms with Crippen molar-refractivity contribution in [3.8, 4) is 5.75 Å². The zero-order valence-corrected chi connectivity index (χ0v) is 11.1. The monoisotopic (exact) mass is 258 g/mol. The maximum atomic E-state index is 12.1. The van der Waals surface area contributed by atoms with Crippen LogP contribution in [0.15, 0.2) is 24.5 Å². The molecule has 1 aromatic heterocycles. The van der Waals surface area contributed by atoms with Gasteiger partial charge in [-0.25, -0.2) is 4.98 Å². The molecule has 0 amide bonds. The van der Waals surface area contributed by atoms with Crippen molar-refractivity contribution in [2.75, 3.05) is 0 Å². The molecule has 1 saturated carbocycles. The molecule has 100 valence electrons. The molecule has 0 N–H and O–H groups in total. The molecule has 0 unspecified atom stereocenters. The zero-order chi connectivity index (χ0) is 13.2. The number of benzene rings is 1. The zero-order valence-electron chi connectivity index (χ0n) is 11.1. The first kappa shape index (κ1) is 12.2. The molecule has 4 heteroatoms. The summed E-state index contributed by atoms with van der Waals surface area (Å²) in [5.74, 6) is 0.588. The average molecular weight is 258 g/mol. The van der Waals surface area contributed by atoms with Gasteiger partial charge in [0.25, 0.3) is 0 Å². The van der Waals surface area contributed by atoms with Crippen LogP contribution in [-0.4, -0.2) is 15.5 Å². The van der Waals surface area contributed by atoms with E-state index in [-0.39, 0.29) is 11.9 Å². The number of rotatable bonds is 2. The predicted molar refractivity (Wildman–Crippen MR) is 72.9 cm³/mol. The summed E-state index contributed by atoms with van der Waals surface area (Å²) in [6.07, 6.45) is 7.20. The Morgan fingerprint density at radius 2 is 2.11 bits per heavy atom. The standard InChI is InChI=1S/C15H18N2O2/c1-17-10-16-13-9-12(7-8-14(13)17)19-15(18)11-5-3-2-4-6-11/h7-11H,2-6H2,1H3. The van der Waals surface area contributed by atoms with E-state index in [0.29, 0.717) is 5.75 Å². The van der Waals surface area contributed by atoms with Crippen molar-refractivity contribution in [3.05, 3.63) is 24.5 Å². The topological polar surface area (TPSA) is 44.1 Å². The number of esters is 1. The lowest BCUT2D eigenvalue weighted by atomic mass is 9.89. The molecule has 0 saturated heterocycles. The summed E-state index contributed by atoms with van der Waals surface area (Å²) in [4.78, 5) is 16.3. The van der Waals surface area contributed by atoms with Gasteiger partial charge in [-0.1, -0.05) is 19.3 Å². The summed E-state index contributed by atoms with van der Waals surface area (Å²) < 4.78 is 7.43. The molecule has 0 bridgehead atoms. The summed E-state index contributed by atoms with van der Waals surface area (Å²) >= 11 is 0. The summed E-state index contributed by atoms with van der Waals surface area (Å²) in [5.41, 5.74) is 1.90. The number of fused-ring (bicyclic) bond motifs is 1. The van der Waals surface area contributed by atoms with Crippen LogP contribution < -0.4 is 4.74 Å². The fraction of sp³-hybridized carbons (Fsp3) is 0.467. The van der Waals surface area contributed by atoms with Crippen molar-refractivity contribution in [2.45, 2.75) is 32.1 Å². The summed E-state index contributed by atoms with van der Waals surface area (Å²) in [7, 11) is 1.95. The second kappa shape index (κ2) is 5.03. The lowest BCUT2D eigenvalue weighted by Gasteiger charge is -2.19. The number of nitrogens with zero attached hydrogens (tertiary/aromatic N) is 2. The van der Waals surface area contributed by atoms with Crippen LogP contribution in [0.2, 0.25) is 0 Å². The third-order valence-electron chi connectivity index (χ3n) is 3.85. The fourth-order valence-corrected chi connectivity index (χ4v) is 2.72. The number of ether oxygens (including phenoxy) is 1. The molecule has 1 fully saturated rings. The highest BCUT2D eigenvalue weighted by molar-refractivity contribution is 5.80. The van der Waals surface area contributed by atoms with E-state index in [9.17, 15) is 4.79 Å². The van der Waals surface area contributed by atoms with E-state index in [1.807, 2.05) is 29.8 Å². The van der Waals surface area contributed by atoms with E-state index < -0.39 is 0 Å². The lowest BCUT2D eigenvalue weighted by molar-refractivity contribution is -0.139. The van der Waals surface area contributed by atoms with E-state index in [1.54, 1.807) is 6.33 Å². The molecule has 1 heterocycles. The SMILES string of the molecule is Cn1cnc2cc(OC(=O)C3CCCCC3)ccc21. The normalized spacial score (nSPS) is 16.7. The van der Waals surface area contributed by atoms with Crippen LogP contribution in [0.5, 0.6) is 5.75 Å². The second-order valence-corrected chi connectivity index (χ2v) is 5.26. The minimum absolute atomic E-state index is 0.0770. The third kappa shape index (κ3) is 2.48. The number of hydrogen-bond acceptors (Lipinski definition) is 3. The average Bonchev–Trinajstić information content (AvgIpc) is 2.81. The minimum Gasteiger partial charge on any atom is -0.426 e. The molecule has 1 aromatic carbocycles. The molecule has 0 spiro atoms. The van der Waals surface area contributed by atoms with Gasteiger partial charge in [0.05, 0.1) is 23.3 Å². The Kier molecular flexibility index (Phi) is 3.23. The van der Waals surface area contributed by atoms with Crippen molar-refractivity contribution in [3.63, 3.8) is 0 Å². The molecular weight excluding hydrogens is 240 g/mol. The van der Waals surface area contributed by atoms with Gasteiger partial charge in [0.2, 0.25) is 0 Å². The van der Waals surface area contributed by atoms with Crippen molar-refractivity contribution in [1.82, 2.24) is 9.55 Å². The van der Waals surface area contributed by atoms with Crippen LogP contribution in [0.1, 0.15) is 32.1 Å². The number of imidazole rings is 1. The molecule has 0 aliphatic heterocycles. The van der Waals surface area contributed by atoms with E-state index >= 15 is 0 Å². The maximum Gasteiger partial charge on any atom is 0.314 e. The number of aryl methyl sites for hydroxylation is 1. The second-order valence-electron chi connectivity index (χ2n) is 5.26. The minimum atomic E-state index is -0.0880. The Hall–Kier alpha value is -1.84. The molecule has 0 radical (unpaired) electrons. The summed E-state index contributed by atoms with van der Waals surface area (Å²) in [6, 6.07) is 5.60. The first-order chi connectivity index (χ1) is 9.24. The van der Waals surface area contributed by atoms with Crippen molar-refractivity contribution in [2.24, 2.45) is 13.0 Å². The van der Waals surface area contributed by atoms with Gasteiger partial charge in [0.15, 0.2) is 0 Å². The Bertz CT molecular complexity index is 597. The molecule has 0 atom stereocenters. The molecule has 2 aromatic rings. The van der Waals surface area contributed by atoms with Crippen molar-refractivity contribution < 1.29 is 9.53 Å². The van der Waals surface area contributed by atoms with Gasteiger partial charge in [-0.3, -0.25) is 4.79 Å². The third-order valence-corrected chi connectivity index (χ3v) is 3.85. The predicted octanol–water partition coefficient (Wildman–Crippen LogP) is 3.06. The first-order valence-corrected chi connectivity index (χ1v) is 6.87. The molecular formula is C15H18N2O2. The Morgan fingerprint density at radius 3 is 2.89 bits per heavy atom. The highest BCUT2D eigenvalue weighted by Gasteiger charge is 2.23. The number of carbonyl (C=O) groups is 1. The maximum absolute atomic E-state index is 12.1. The van der Waals surface area contributed by atoms with Crippen LogP contribution >= 0.6 is 0 Å². The van der Waals surface area contributed by atoms with Crippen molar-refractivity contribution >= 4 is 17.0 Å². The lowest BCUT2D eigenvalue weighted by Crippen LogP contribution is -2.22. The van der Waals surface area contributed by atoms with Gasteiger partial charge in [-0.05, 0) is 25.0 Å². The fourth-order valence-electron chi connectivity index (χ4n) is 2.72.